The standard InChI is InChI=1S/C23H37N3O2/c1-17(2)16-25-15-7-6-13-20(25)19-12-9-14-24-21(19)26(18-10-8-11-18)22(27)28-23(3,4)5/h9,12,14,17-18,20H,6-8,10-11,13,15-16H2,1-5H3. The number of anilines is 1. The fraction of sp³-hybridized carbons (Fsp3) is 0.739. The lowest BCUT2D eigenvalue weighted by Gasteiger charge is -2.41. The Balaban J connectivity index is 1.94. The summed E-state index contributed by atoms with van der Waals surface area (Å²) in [6.45, 7) is 12.5. The third kappa shape index (κ3) is 5.05. The molecule has 156 valence electrons. The Morgan fingerprint density at radius 3 is 2.61 bits per heavy atom. The number of nitrogens with zero attached hydrogens (tertiary/aromatic N) is 3. The minimum atomic E-state index is -0.511. The molecular formula is C23H37N3O2. The van der Waals surface area contributed by atoms with Crippen LogP contribution in [0.2, 0.25) is 0 Å². The van der Waals surface area contributed by atoms with Crippen molar-refractivity contribution in [1.82, 2.24) is 9.88 Å². The summed E-state index contributed by atoms with van der Waals surface area (Å²) in [5, 5.41) is 0. The van der Waals surface area contributed by atoms with Gasteiger partial charge in [-0.3, -0.25) is 9.80 Å². The molecule has 2 aliphatic rings. The number of ether oxygens (including phenoxy) is 1. The number of hydrogen-bond donors (Lipinski definition) is 0. The highest BCUT2D eigenvalue weighted by atomic mass is 16.6. The predicted molar refractivity (Wildman–Crippen MR) is 114 cm³/mol. The molecule has 0 bridgehead atoms. The van der Waals surface area contributed by atoms with Crippen LogP contribution >= 0.6 is 0 Å². The van der Waals surface area contributed by atoms with Crippen molar-refractivity contribution in [2.75, 3.05) is 18.0 Å². The van der Waals surface area contributed by atoms with Gasteiger partial charge >= 0.3 is 6.09 Å². The number of carbonyl (C=O) groups excluding carboxylic acids is 1. The Morgan fingerprint density at radius 1 is 1.25 bits per heavy atom. The number of likely N-dealkylation sites (tertiary alicyclic amines) is 1. The normalized spacial score (nSPS) is 21.4. The first-order chi connectivity index (χ1) is 13.3. The van der Waals surface area contributed by atoms with Gasteiger partial charge in [0.15, 0.2) is 0 Å². The largest absolute Gasteiger partial charge is 0.443 e. The van der Waals surface area contributed by atoms with Crippen LogP contribution in [-0.2, 0) is 4.74 Å². The maximum Gasteiger partial charge on any atom is 0.416 e. The molecule has 1 aromatic heterocycles. The zero-order valence-electron chi connectivity index (χ0n) is 18.3. The molecule has 1 atom stereocenters. The summed E-state index contributed by atoms with van der Waals surface area (Å²) in [4.78, 5) is 22.3. The third-order valence-electron chi connectivity index (χ3n) is 5.65. The van der Waals surface area contributed by atoms with E-state index in [1.807, 2.05) is 37.9 Å². The highest BCUT2D eigenvalue weighted by Crippen LogP contribution is 2.39. The second kappa shape index (κ2) is 8.81. The Labute approximate surface area is 170 Å². The van der Waals surface area contributed by atoms with Crippen LogP contribution in [0.5, 0.6) is 0 Å². The summed E-state index contributed by atoms with van der Waals surface area (Å²) >= 11 is 0. The number of aromatic nitrogens is 1. The van der Waals surface area contributed by atoms with Crippen molar-refractivity contribution in [2.45, 2.75) is 90.8 Å². The minimum absolute atomic E-state index is 0.200. The summed E-state index contributed by atoms with van der Waals surface area (Å²) in [7, 11) is 0. The molecule has 1 aromatic rings. The van der Waals surface area contributed by atoms with Gasteiger partial charge in [0.2, 0.25) is 0 Å². The van der Waals surface area contributed by atoms with Gasteiger partial charge in [-0.15, -0.1) is 0 Å². The van der Waals surface area contributed by atoms with Crippen LogP contribution in [-0.4, -0.2) is 40.7 Å². The number of carbonyl (C=O) groups is 1. The molecule has 0 radical (unpaired) electrons. The van der Waals surface area contributed by atoms with E-state index in [1.165, 1.54) is 18.4 Å². The zero-order chi connectivity index (χ0) is 20.3. The lowest BCUT2D eigenvalue weighted by Crippen LogP contribution is -2.48. The second-order valence-electron chi connectivity index (χ2n) is 9.75. The topological polar surface area (TPSA) is 45.7 Å². The zero-order valence-corrected chi connectivity index (χ0v) is 18.3. The summed E-state index contributed by atoms with van der Waals surface area (Å²) in [6, 6.07) is 4.70. The first-order valence-corrected chi connectivity index (χ1v) is 11.0. The molecule has 0 aromatic carbocycles. The van der Waals surface area contributed by atoms with E-state index in [4.69, 9.17) is 9.72 Å². The van der Waals surface area contributed by atoms with E-state index in [1.54, 1.807) is 0 Å². The summed E-state index contributed by atoms with van der Waals surface area (Å²) < 4.78 is 5.78. The molecule has 1 amide bonds. The molecule has 0 N–H and O–H groups in total. The van der Waals surface area contributed by atoms with E-state index in [9.17, 15) is 4.79 Å². The van der Waals surface area contributed by atoms with Crippen molar-refractivity contribution in [3.05, 3.63) is 23.9 Å². The molecule has 5 heteroatoms. The number of amides is 1. The van der Waals surface area contributed by atoms with E-state index >= 15 is 0 Å². The maximum atomic E-state index is 13.1. The Hall–Kier alpha value is -1.62. The molecule has 1 unspecified atom stereocenters. The highest BCUT2D eigenvalue weighted by molar-refractivity contribution is 5.88. The maximum absolute atomic E-state index is 13.1. The van der Waals surface area contributed by atoms with Crippen molar-refractivity contribution < 1.29 is 9.53 Å². The van der Waals surface area contributed by atoms with Crippen LogP contribution < -0.4 is 4.90 Å². The van der Waals surface area contributed by atoms with Gasteiger partial charge in [-0.1, -0.05) is 26.3 Å². The van der Waals surface area contributed by atoms with Gasteiger partial charge < -0.3 is 4.74 Å². The van der Waals surface area contributed by atoms with Crippen molar-refractivity contribution in [1.29, 1.82) is 0 Å². The van der Waals surface area contributed by atoms with E-state index < -0.39 is 5.60 Å². The average Bonchev–Trinajstić information content (AvgIpc) is 2.56. The SMILES string of the molecule is CC(C)CN1CCCCC1c1cccnc1N(C(=O)OC(C)(C)C)C1CCC1. The molecule has 1 saturated heterocycles. The summed E-state index contributed by atoms with van der Waals surface area (Å²) in [5.41, 5.74) is 0.670. The fourth-order valence-corrected chi connectivity index (χ4v) is 4.27. The monoisotopic (exact) mass is 387 g/mol. The van der Waals surface area contributed by atoms with Gasteiger partial charge in [0.1, 0.15) is 11.4 Å². The van der Waals surface area contributed by atoms with Crippen LogP contribution in [0, 0.1) is 5.92 Å². The molecule has 1 aliphatic carbocycles. The number of pyridine rings is 1. The number of hydrogen-bond acceptors (Lipinski definition) is 4. The van der Waals surface area contributed by atoms with Crippen molar-refractivity contribution in [3.8, 4) is 0 Å². The molecule has 1 aliphatic heterocycles. The number of piperidine rings is 1. The van der Waals surface area contributed by atoms with Crippen molar-refractivity contribution in [3.63, 3.8) is 0 Å². The smallest absolute Gasteiger partial charge is 0.416 e. The minimum Gasteiger partial charge on any atom is -0.443 e. The van der Waals surface area contributed by atoms with Gasteiger partial charge in [-0.2, -0.15) is 0 Å². The van der Waals surface area contributed by atoms with Gasteiger partial charge in [0.05, 0.1) is 0 Å². The van der Waals surface area contributed by atoms with Crippen molar-refractivity contribution in [2.24, 2.45) is 5.92 Å². The van der Waals surface area contributed by atoms with Gasteiger partial charge in [-0.25, -0.2) is 9.78 Å². The molecule has 0 spiro atoms. The summed E-state index contributed by atoms with van der Waals surface area (Å²) in [6.07, 6.45) is 8.35. The fourth-order valence-electron chi connectivity index (χ4n) is 4.27. The first kappa shape index (κ1) is 21.1. The molecule has 1 saturated carbocycles. The lowest BCUT2D eigenvalue weighted by atomic mass is 9.90. The number of rotatable bonds is 5. The van der Waals surface area contributed by atoms with E-state index in [2.05, 4.69) is 24.8 Å². The van der Waals surface area contributed by atoms with Gasteiger partial charge in [0.25, 0.3) is 0 Å². The van der Waals surface area contributed by atoms with Crippen LogP contribution in [0.15, 0.2) is 18.3 Å². The van der Waals surface area contributed by atoms with Gasteiger partial charge in [0, 0.05) is 30.4 Å². The average molecular weight is 388 g/mol. The quantitative estimate of drug-likeness (QED) is 0.664. The highest BCUT2D eigenvalue weighted by Gasteiger charge is 2.37. The Bertz CT molecular complexity index is 664. The van der Waals surface area contributed by atoms with Crippen LogP contribution in [0.3, 0.4) is 0 Å². The predicted octanol–water partition coefficient (Wildman–Crippen LogP) is 5.56. The molecule has 5 nitrogen and oxygen atoms in total. The molecule has 2 heterocycles. The lowest BCUT2D eigenvalue weighted by molar-refractivity contribution is 0.0546. The third-order valence-corrected chi connectivity index (χ3v) is 5.65. The first-order valence-electron chi connectivity index (χ1n) is 11.0. The van der Waals surface area contributed by atoms with E-state index in [-0.39, 0.29) is 12.1 Å². The molecular weight excluding hydrogens is 350 g/mol. The van der Waals surface area contributed by atoms with Crippen LogP contribution in [0.25, 0.3) is 0 Å². The van der Waals surface area contributed by atoms with E-state index in [0.717, 1.165) is 44.6 Å². The molecule has 3 rings (SSSR count). The Morgan fingerprint density at radius 2 is 2.00 bits per heavy atom. The van der Waals surface area contributed by atoms with E-state index in [0.29, 0.717) is 12.0 Å². The van der Waals surface area contributed by atoms with Gasteiger partial charge in [-0.05, 0) is 71.4 Å². The second-order valence-corrected chi connectivity index (χ2v) is 9.75. The molecule has 28 heavy (non-hydrogen) atoms. The van der Waals surface area contributed by atoms with Crippen LogP contribution in [0.4, 0.5) is 10.6 Å². The Kier molecular flexibility index (Phi) is 6.64. The summed E-state index contributed by atoms with van der Waals surface area (Å²) in [5.74, 6) is 1.43. The van der Waals surface area contributed by atoms with Crippen molar-refractivity contribution >= 4 is 11.9 Å². The van der Waals surface area contributed by atoms with Crippen LogP contribution in [0.1, 0.15) is 84.7 Å². The molecule has 2 fully saturated rings.